The van der Waals surface area contributed by atoms with Crippen molar-refractivity contribution in [1.29, 1.82) is 0 Å². The molecule has 0 aromatic heterocycles. The Morgan fingerprint density at radius 2 is 1.94 bits per heavy atom. The fourth-order valence-electron chi connectivity index (χ4n) is 1.32. The van der Waals surface area contributed by atoms with E-state index in [2.05, 4.69) is 19.2 Å². The SMILES string of the molecule is CCOCC(NCCC(=O)OCC)C(C)C. The number of ether oxygens (including phenoxy) is 2. The summed E-state index contributed by atoms with van der Waals surface area (Å²) in [7, 11) is 0. The van der Waals surface area contributed by atoms with Gasteiger partial charge in [-0.3, -0.25) is 4.79 Å². The minimum atomic E-state index is -0.145. The molecule has 0 radical (unpaired) electrons. The van der Waals surface area contributed by atoms with Crippen molar-refractivity contribution in [3.8, 4) is 0 Å². The third kappa shape index (κ3) is 7.65. The Labute approximate surface area is 98.7 Å². The lowest BCUT2D eigenvalue weighted by Crippen LogP contribution is -2.39. The lowest BCUT2D eigenvalue weighted by atomic mass is 10.1. The van der Waals surface area contributed by atoms with Gasteiger partial charge in [0.25, 0.3) is 0 Å². The van der Waals surface area contributed by atoms with Crippen molar-refractivity contribution in [1.82, 2.24) is 5.32 Å². The highest BCUT2D eigenvalue weighted by molar-refractivity contribution is 5.69. The second-order valence-corrected chi connectivity index (χ2v) is 4.02. The number of carbonyl (C=O) groups excluding carboxylic acids is 1. The quantitative estimate of drug-likeness (QED) is 0.612. The zero-order chi connectivity index (χ0) is 12.4. The molecule has 0 fully saturated rings. The summed E-state index contributed by atoms with van der Waals surface area (Å²) in [5, 5.41) is 3.32. The predicted octanol–water partition coefficient (Wildman–Crippen LogP) is 1.59. The van der Waals surface area contributed by atoms with E-state index in [-0.39, 0.29) is 5.97 Å². The van der Waals surface area contributed by atoms with Gasteiger partial charge in [0, 0.05) is 19.2 Å². The molecule has 96 valence electrons. The lowest BCUT2D eigenvalue weighted by molar-refractivity contribution is -0.143. The summed E-state index contributed by atoms with van der Waals surface area (Å²) in [6.45, 7) is 10.6. The van der Waals surface area contributed by atoms with E-state index in [9.17, 15) is 4.79 Å². The van der Waals surface area contributed by atoms with Gasteiger partial charge in [-0.15, -0.1) is 0 Å². The first-order valence-corrected chi connectivity index (χ1v) is 6.08. The molecule has 0 aliphatic heterocycles. The molecule has 0 aliphatic rings. The molecule has 4 heteroatoms. The molecule has 0 aromatic rings. The molecule has 0 heterocycles. The Hall–Kier alpha value is -0.610. The minimum Gasteiger partial charge on any atom is -0.466 e. The first-order chi connectivity index (χ1) is 7.61. The van der Waals surface area contributed by atoms with Gasteiger partial charge in [0.15, 0.2) is 0 Å². The largest absolute Gasteiger partial charge is 0.466 e. The normalized spacial score (nSPS) is 12.8. The fraction of sp³-hybridized carbons (Fsp3) is 0.917. The predicted molar refractivity (Wildman–Crippen MR) is 64.4 cm³/mol. The highest BCUT2D eigenvalue weighted by Crippen LogP contribution is 2.02. The van der Waals surface area contributed by atoms with Crippen LogP contribution in [0.25, 0.3) is 0 Å². The molecular weight excluding hydrogens is 206 g/mol. The second-order valence-electron chi connectivity index (χ2n) is 4.02. The average Bonchev–Trinajstić information content (AvgIpc) is 2.23. The van der Waals surface area contributed by atoms with E-state index in [4.69, 9.17) is 9.47 Å². The summed E-state index contributed by atoms with van der Waals surface area (Å²) in [4.78, 5) is 11.1. The second kappa shape index (κ2) is 9.60. The monoisotopic (exact) mass is 231 g/mol. The van der Waals surface area contributed by atoms with Gasteiger partial charge < -0.3 is 14.8 Å². The van der Waals surface area contributed by atoms with Crippen LogP contribution in [0.3, 0.4) is 0 Å². The topological polar surface area (TPSA) is 47.6 Å². The van der Waals surface area contributed by atoms with E-state index in [1.165, 1.54) is 0 Å². The van der Waals surface area contributed by atoms with Gasteiger partial charge in [-0.2, -0.15) is 0 Å². The van der Waals surface area contributed by atoms with Crippen LogP contribution in [-0.2, 0) is 14.3 Å². The van der Waals surface area contributed by atoms with Crippen LogP contribution in [0.4, 0.5) is 0 Å². The summed E-state index contributed by atoms with van der Waals surface area (Å²) < 4.78 is 10.2. The van der Waals surface area contributed by atoms with Crippen molar-refractivity contribution in [3.05, 3.63) is 0 Å². The Morgan fingerprint density at radius 3 is 2.44 bits per heavy atom. The third-order valence-electron chi connectivity index (χ3n) is 2.35. The molecule has 0 amide bonds. The molecule has 16 heavy (non-hydrogen) atoms. The van der Waals surface area contributed by atoms with Gasteiger partial charge in [0.2, 0.25) is 0 Å². The highest BCUT2D eigenvalue weighted by atomic mass is 16.5. The molecule has 0 saturated carbocycles. The van der Waals surface area contributed by atoms with Gasteiger partial charge in [-0.1, -0.05) is 13.8 Å². The summed E-state index contributed by atoms with van der Waals surface area (Å²) in [5.74, 6) is 0.350. The van der Waals surface area contributed by atoms with Crippen molar-refractivity contribution in [2.24, 2.45) is 5.92 Å². The van der Waals surface area contributed by atoms with Crippen molar-refractivity contribution >= 4 is 5.97 Å². The molecule has 0 rings (SSSR count). The Balaban J connectivity index is 3.71. The highest BCUT2D eigenvalue weighted by Gasteiger charge is 2.13. The Morgan fingerprint density at radius 1 is 1.25 bits per heavy atom. The Kier molecular flexibility index (Phi) is 9.24. The lowest BCUT2D eigenvalue weighted by Gasteiger charge is -2.21. The van der Waals surface area contributed by atoms with Gasteiger partial charge in [0.05, 0.1) is 19.6 Å². The maximum absolute atomic E-state index is 11.1. The number of rotatable bonds is 9. The summed E-state index contributed by atoms with van der Waals surface area (Å²) in [6.07, 6.45) is 0.420. The molecule has 0 bridgehead atoms. The molecule has 0 aliphatic carbocycles. The van der Waals surface area contributed by atoms with Crippen LogP contribution in [0.2, 0.25) is 0 Å². The molecule has 4 nitrogen and oxygen atoms in total. The summed E-state index contributed by atoms with van der Waals surface area (Å²) in [6, 6.07) is 0.300. The van der Waals surface area contributed by atoms with Crippen LogP contribution in [-0.4, -0.2) is 38.4 Å². The van der Waals surface area contributed by atoms with E-state index in [1.807, 2.05) is 13.8 Å². The van der Waals surface area contributed by atoms with Crippen LogP contribution in [0, 0.1) is 5.92 Å². The van der Waals surface area contributed by atoms with E-state index >= 15 is 0 Å². The molecule has 1 N–H and O–H groups in total. The van der Waals surface area contributed by atoms with E-state index < -0.39 is 0 Å². The van der Waals surface area contributed by atoms with Gasteiger partial charge in [-0.05, 0) is 19.8 Å². The van der Waals surface area contributed by atoms with E-state index in [0.29, 0.717) is 38.1 Å². The molecule has 0 aromatic carbocycles. The van der Waals surface area contributed by atoms with Gasteiger partial charge in [0.1, 0.15) is 0 Å². The van der Waals surface area contributed by atoms with Crippen molar-refractivity contribution in [2.45, 2.75) is 40.2 Å². The molecule has 1 unspecified atom stereocenters. The standard InChI is InChI=1S/C12H25NO3/c1-5-15-9-11(10(3)4)13-8-7-12(14)16-6-2/h10-11,13H,5-9H2,1-4H3. The average molecular weight is 231 g/mol. The number of hydrogen-bond donors (Lipinski definition) is 1. The van der Waals surface area contributed by atoms with Crippen LogP contribution in [0.5, 0.6) is 0 Å². The number of esters is 1. The number of nitrogens with one attached hydrogen (secondary N) is 1. The first-order valence-electron chi connectivity index (χ1n) is 6.08. The van der Waals surface area contributed by atoms with Crippen molar-refractivity contribution < 1.29 is 14.3 Å². The van der Waals surface area contributed by atoms with Gasteiger partial charge >= 0.3 is 5.97 Å². The van der Waals surface area contributed by atoms with Crippen LogP contribution >= 0.6 is 0 Å². The van der Waals surface area contributed by atoms with E-state index in [1.54, 1.807) is 0 Å². The minimum absolute atomic E-state index is 0.145. The van der Waals surface area contributed by atoms with Crippen LogP contribution < -0.4 is 5.32 Å². The number of carbonyl (C=O) groups is 1. The summed E-state index contributed by atoms with van der Waals surface area (Å²) >= 11 is 0. The first kappa shape index (κ1) is 15.4. The summed E-state index contributed by atoms with van der Waals surface area (Å²) in [5.41, 5.74) is 0. The van der Waals surface area contributed by atoms with Gasteiger partial charge in [-0.25, -0.2) is 0 Å². The van der Waals surface area contributed by atoms with E-state index in [0.717, 1.165) is 6.61 Å². The Bertz CT molecular complexity index is 183. The van der Waals surface area contributed by atoms with Crippen LogP contribution in [0.15, 0.2) is 0 Å². The molecule has 0 spiro atoms. The fourth-order valence-corrected chi connectivity index (χ4v) is 1.32. The smallest absolute Gasteiger partial charge is 0.307 e. The zero-order valence-electron chi connectivity index (χ0n) is 10.9. The van der Waals surface area contributed by atoms with Crippen LogP contribution in [0.1, 0.15) is 34.1 Å². The third-order valence-corrected chi connectivity index (χ3v) is 2.35. The zero-order valence-corrected chi connectivity index (χ0v) is 10.9. The van der Waals surface area contributed by atoms with Crippen molar-refractivity contribution in [3.63, 3.8) is 0 Å². The number of hydrogen-bond acceptors (Lipinski definition) is 4. The van der Waals surface area contributed by atoms with Crippen molar-refractivity contribution in [2.75, 3.05) is 26.4 Å². The molecule has 0 saturated heterocycles. The maximum atomic E-state index is 11.1. The molecule has 1 atom stereocenters. The molecular formula is C12H25NO3. The maximum Gasteiger partial charge on any atom is 0.307 e.